The Labute approximate surface area is 212 Å². The first-order valence-electron chi connectivity index (χ1n) is 12.8. The van der Waals surface area contributed by atoms with E-state index in [0.717, 1.165) is 50.9 Å². The third-order valence-electron chi connectivity index (χ3n) is 7.71. The molecule has 0 saturated heterocycles. The summed E-state index contributed by atoms with van der Waals surface area (Å²) in [5, 5.41) is 9.78. The van der Waals surface area contributed by atoms with Crippen LogP contribution >= 0.6 is 0 Å². The molecule has 4 fully saturated rings. The lowest BCUT2D eigenvalue weighted by atomic mass is 9.50. The molecule has 4 bridgehead atoms. The number of likely N-dealkylation sites (N-methyl/N-ethyl adjacent to an activating group) is 1. The smallest absolute Gasteiger partial charge is 0.391 e. The molecule has 0 radical (unpaired) electrons. The predicted molar refractivity (Wildman–Crippen MR) is 137 cm³/mol. The largest absolute Gasteiger partial charge is 0.414 e. The molecule has 0 aliphatic heterocycles. The molecule has 2 atom stereocenters. The molecule has 3 N–H and O–H groups in total. The minimum absolute atomic E-state index is 0.138. The van der Waals surface area contributed by atoms with Crippen LogP contribution in [0.15, 0.2) is 36.4 Å². The van der Waals surface area contributed by atoms with Crippen molar-refractivity contribution in [1.82, 2.24) is 25.5 Å². The molecule has 2 heterocycles. The summed E-state index contributed by atoms with van der Waals surface area (Å²) in [4.78, 5) is 37.0. The molecule has 192 valence electrons. The van der Waals surface area contributed by atoms with E-state index >= 15 is 0 Å². The normalized spacial score (nSPS) is 28.1. The maximum atomic E-state index is 13.1. The van der Waals surface area contributed by atoms with Crippen LogP contribution in [0, 0.1) is 18.8 Å². The molecule has 9 nitrogen and oxygen atoms in total. The molecule has 0 spiro atoms. The third-order valence-corrected chi connectivity index (χ3v) is 7.71. The summed E-state index contributed by atoms with van der Waals surface area (Å²) in [6.07, 6.45) is 5.09. The number of pyridine rings is 2. The van der Waals surface area contributed by atoms with Gasteiger partial charge >= 0.3 is 6.09 Å². The predicted octanol–water partition coefficient (Wildman–Crippen LogP) is 3.37. The first-order chi connectivity index (χ1) is 17.2. The Kier molecular flexibility index (Phi) is 6.59. The highest BCUT2D eigenvalue weighted by Crippen LogP contribution is 2.57. The molecular formula is C27H36N6O3. The maximum absolute atomic E-state index is 13.1. The number of nitrogens with one attached hydrogen (secondary N) is 3. The van der Waals surface area contributed by atoms with Crippen LogP contribution < -0.4 is 20.7 Å². The van der Waals surface area contributed by atoms with E-state index in [9.17, 15) is 9.59 Å². The highest BCUT2D eigenvalue weighted by molar-refractivity contribution is 5.92. The monoisotopic (exact) mass is 492 g/mol. The third kappa shape index (κ3) is 5.46. The average Bonchev–Trinajstić information content (AvgIpc) is 2.77. The summed E-state index contributed by atoms with van der Waals surface area (Å²) in [6.45, 7) is 3.50. The lowest BCUT2D eigenvalue weighted by Gasteiger charge is -2.61. The number of hydrogen-bond donors (Lipinski definition) is 3. The zero-order valence-corrected chi connectivity index (χ0v) is 21.3. The van der Waals surface area contributed by atoms with Gasteiger partial charge in [-0.05, 0) is 89.6 Å². The minimum atomic E-state index is -0.489. The molecule has 4 aliphatic rings. The second kappa shape index (κ2) is 9.69. The zero-order chi connectivity index (χ0) is 25.3. The number of aromatic nitrogens is 2. The van der Waals surface area contributed by atoms with Crippen molar-refractivity contribution in [3.05, 3.63) is 47.8 Å². The van der Waals surface area contributed by atoms with Gasteiger partial charge in [-0.15, -0.1) is 0 Å². The minimum Gasteiger partial charge on any atom is -0.391 e. The van der Waals surface area contributed by atoms with Gasteiger partial charge in [0.2, 0.25) is 5.88 Å². The van der Waals surface area contributed by atoms with Gasteiger partial charge in [-0.2, -0.15) is 4.98 Å². The zero-order valence-electron chi connectivity index (χ0n) is 21.3. The molecule has 6 rings (SSSR count). The van der Waals surface area contributed by atoms with Crippen molar-refractivity contribution in [2.75, 3.05) is 32.5 Å². The van der Waals surface area contributed by atoms with Crippen LogP contribution in [-0.2, 0) is 0 Å². The number of rotatable bonds is 8. The van der Waals surface area contributed by atoms with Crippen molar-refractivity contribution in [2.45, 2.75) is 56.5 Å². The molecule has 36 heavy (non-hydrogen) atoms. The number of carbonyl (C=O) groups is 2. The standard InChI is InChI=1S/C27H36N6O3/c1-18-6-4-7-21(29-18)24(34)31-26-13-19-12-20(14-26)16-27(15-19,17-26)32-25(35)36-23-9-5-8-22(30-23)28-10-11-33(2)3/h4-9,19-20H,10-17H2,1-3H3,(H,28,30)(H,31,34)(H,32,35). The number of hydrogen-bond acceptors (Lipinski definition) is 7. The number of nitrogens with zero attached hydrogens (tertiary/aromatic N) is 3. The van der Waals surface area contributed by atoms with E-state index in [1.165, 1.54) is 0 Å². The second-order valence-electron chi connectivity index (χ2n) is 11.2. The fourth-order valence-electron chi connectivity index (χ4n) is 6.84. The van der Waals surface area contributed by atoms with Gasteiger partial charge in [0.25, 0.3) is 5.91 Å². The Balaban J connectivity index is 1.24. The molecule has 2 amide bonds. The van der Waals surface area contributed by atoms with Crippen LogP contribution in [-0.4, -0.2) is 65.1 Å². The van der Waals surface area contributed by atoms with Crippen LogP contribution in [0.25, 0.3) is 0 Å². The van der Waals surface area contributed by atoms with Crippen molar-refractivity contribution >= 4 is 17.8 Å². The molecule has 2 aromatic rings. The fraction of sp³-hybridized carbons (Fsp3) is 0.556. The second-order valence-corrected chi connectivity index (χ2v) is 11.2. The molecule has 2 aromatic heterocycles. The molecular weight excluding hydrogens is 456 g/mol. The first kappa shape index (κ1) is 24.5. The van der Waals surface area contributed by atoms with Gasteiger partial charge < -0.3 is 25.6 Å². The lowest BCUT2D eigenvalue weighted by Crippen LogP contribution is -2.70. The van der Waals surface area contributed by atoms with Gasteiger partial charge in [0.15, 0.2) is 0 Å². The van der Waals surface area contributed by atoms with Gasteiger partial charge in [0.05, 0.1) is 0 Å². The van der Waals surface area contributed by atoms with Crippen LogP contribution in [0.1, 0.15) is 54.7 Å². The number of ether oxygens (including phenoxy) is 1. The highest BCUT2D eigenvalue weighted by Gasteiger charge is 2.59. The van der Waals surface area contributed by atoms with Gasteiger partial charge in [0, 0.05) is 35.9 Å². The average molecular weight is 493 g/mol. The SMILES string of the molecule is Cc1cccc(C(=O)NC23CC4CC(CC(NC(=O)Oc5cccc(NCCN(C)C)n5)(C4)C2)C3)n1. The lowest BCUT2D eigenvalue weighted by molar-refractivity contribution is -0.0450. The summed E-state index contributed by atoms with van der Waals surface area (Å²) in [6, 6.07) is 10.9. The summed E-state index contributed by atoms with van der Waals surface area (Å²) in [5.74, 6) is 1.74. The highest BCUT2D eigenvalue weighted by atomic mass is 16.6. The van der Waals surface area contributed by atoms with Crippen LogP contribution in [0.3, 0.4) is 0 Å². The molecule has 0 aromatic carbocycles. The van der Waals surface area contributed by atoms with Crippen molar-refractivity contribution in [1.29, 1.82) is 0 Å². The summed E-state index contributed by atoms with van der Waals surface area (Å²) >= 11 is 0. The quantitative estimate of drug-likeness (QED) is 0.518. The van der Waals surface area contributed by atoms with E-state index in [4.69, 9.17) is 4.74 Å². The molecule has 9 heteroatoms. The Morgan fingerprint density at radius 1 is 1.00 bits per heavy atom. The topological polar surface area (TPSA) is 108 Å². The Morgan fingerprint density at radius 2 is 1.69 bits per heavy atom. The van der Waals surface area contributed by atoms with E-state index in [2.05, 4.69) is 30.8 Å². The van der Waals surface area contributed by atoms with Crippen LogP contribution in [0.2, 0.25) is 0 Å². The molecule has 4 aliphatic carbocycles. The van der Waals surface area contributed by atoms with Gasteiger partial charge in [-0.25, -0.2) is 9.78 Å². The van der Waals surface area contributed by atoms with Gasteiger partial charge in [-0.3, -0.25) is 4.79 Å². The van der Waals surface area contributed by atoms with Crippen molar-refractivity contribution < 1.29 is 14.3 Å². The van der Waals surface area contributed by atoms with Gasteiger partial charge in [0.1, 0.15) is 11.5 Å². The Morgan fingerprint density at radius 3 is 2.39 bits per heavy atom. The fourth-order valence-corrected chi connectivity index (χ4v) is 6.84. The van der Waals surface area contributed by atoms with E-state index in [0.29, 0.717) is 29.8 Å². The van der Waals surface area contributed by atoms with E-state index < -0.39 is 6.09 Å². The van der Waals surface area contributed by atoms with Crippen molar-refractivity contribution in [2.24, 2.45) is 11.8 Å². The van der Waals surface area contributed by atoms with E-state index in [1.54, 1.807) is 12.1 Å². The van der Waals surface area contributed by atoms with Crippen molar-refractivity contribution in [3.63, 3.8) is 0 Å². The summed E-state index contributed by atoms with van der Waals surface area (Å²) in [5.41, 5.74) is 0.557. The Hall–Kier alpha value is -3.20. The number of carbonyl (C=O) groups excluding carboxylic acids is 2. The molecule has 2 unspecified atom stereocenters. The first-order valence-corrected chi connectivity index (χ1v) is 12.8. The van der Waals surface area contributed by atoms with E-state index in [1.807, 2.05) is 45.3 Å². The summed E-state index contributed by atoms with van der Waals surface area (Å²) in [7, 11) is 4.02. The Bertz CT molecular complexity index is 1120. The number of amides is 2. The van der Waals surface area contributed by atoms with Gasteiger partial charge in [-0.1, -0.05) is 12.1 Å². The van der Waals surface area contributed by atoms with Crippen LogP contribution in [0.4, 0.5) is 10.6 Å². The van der Waals surface area contributed by atoms with Crippen LogP contribution in [0.5, 0.6) is 5.88 Å². The summed E-state index contributed by atoms with van der Waals surface area (Å²) < 4.78 is 5.61. The molecule has 4 saturated carbocycles. The van der Waals surface area contributed by atoms with Crippen molar-refractivity contribution in [3.8, 4) is 5.88 Å². The maximum Gasteiger partial charge on any atom is 0.414 e. The number of aryl methyl sites for hydroxylation is 1. The number of anilines is 1. The van der Waals surface area contributed by atoms with E-state index in [-0.39, 0.29) is 22.9 Å².